The van der Waals surface area contributed by atoms with Gasteiger partial charge < -0.3 is 5.32 Å². The van der Waals surface area contributed by atoms with Crippen LogP contribution in [0.25, 0.3) is 0 Å². The van der Waals surface area contributed by atoms with E-state index in [2.05, 4.69) is 22.4 Å². The van der Waals surface area contributed by atoms with Crippen LogP contribution in [0.4, 0.5) is 0 Å². The van der Waals surface area contributed by atoms with Crippen LogP contribution in [0.5, 0.6) is 0 Å². The summed E-state index contributed by atoms with van der Waals surface area (Å²) in [5, 5.41) is 4.47. The Kier molecular flexibility index (Phi) is 4.71. The molecule has 2 nitrogen and oxygen atoms in total. The molecule has 106 valence electrons. The first kappa shape index (κ1) is 14.1. The van der Waals surface area contributed by atoms with Crippen LogP contribution in [0.2, 0.25) is 5.02 Å². The van der Waals surface area contributed by atoms with E-state index < -0.39 is 0 Å². The molecule has 0 bridgehead atoms. The van der Waals surface area contributed by atoms with E-state index in [9.17, 15) is 0 Å². The largest absolute Gasteiger partial charge is 0.314 e. The molecule has 1 fully saturated rings. The number of nitrogens with zero attached hydrogens (tertiary/aromatic N) is 1. The Hall–Kier alpha value is -0.900. The van der Waals surface area contributed by atoms with Gasteiger partial charge in [0.15, 0.2) is 0 Å². The van der Waals surface area contributed by atoms with Gasteiger partial charge in [0.25, 0.3) is 0 Å². The van der Waals surface area contributed by atoms with E-state index in [-0.39, 0.29) is 0 Å². The smallest absolute Gasteiger partial charge is 0.0794 e. The Labute approximate surface area is 129 Å². The molecule has 0 aliphatic heterocycles. The van der Waals surface area contributed by atoms with Gasteiger partial charge in [-0.15, -0.1) is 11.3 Å². The van der Waals surface area contributed by atoms with Crippen LogP contribution in [0.15, 0.2) is 36.0 Å². The number of rotatable bonds is 7. The van der Waals surface area contributed by atoms with Crippen molar-refractivity contribution in [2.75, 3.05) is 6.54 Å². The van der Waals surface area contributed by atoms with Crippen LogP contribution >= 0.6 is 22.9 Å². The van der Waals surface area contributed by atoms with Gasteiger partial charge in [0.05, 0.1) is 5.51 Å². The highest BCUT2D eigenvalue weighted by molar-refractivity contribution is 7.09. The first-order valence-corrected chi connectivity index (χ1v) is 8.40. The molecule has 0 amide bonds. The van der Waals surface area contributed by atoms with Crippen molar-refractivity contribution in [3.8, 4) is 0 Å². The molecule has 1 unspecified atom stereocenters. The molecule has 1 heterocycles. The van der Waals surface area contributed by atoms with E-state index in [1.807, 2.05) is 23.8 Å². The monoisotopic (exact) mass is 306 g/mol. The average Bonchev–Trinajstić information content (AvgIpc) is 3.15. The quantitative estimate of drug-likeness (QED) is 0.838. The highest BCUT2D eigenvalue weighted by atomic mass is 35.5. The summed E-state index contributed by atoms with van der Waals surface area (Å²) >= 11 is 7.71. The Morgan fingerprint density at radius 1 is 1.25 bits per heavy atom. The molecule has 2 aromatic rings. The fourth-order valence-electron chi connectivity index (χ4n) is 2.42. The number of nitrogens with one attached hydrogen (secondary N) is 1. The summed E-state index contributed by atoms with van der Waals surface area (Å²) in [6, 6.07) is 9.01. The minimum Gasteiger partial charge on any atom is -0.314 e. The minimum atomic E-state index is 0.622. The van der Waals surface area contributed by atoms with Crippen LogP contribution in [0, 0.1) is 5.92 Å². The van der Waals surface area contributed by atoms with Crippen LogP contribution in [-0.4, -0.2) is 17.6 Å². The van der Waals surface area contributed by atoms with Gasteiger partial charge in [0.1, 0.15) is 0 Å². The average molecular weight is 307 g/mol. The zero-order valence-electron chi connectivity index (χ0n) is 11.4. The van der Waals surface area contributed by atoms with Gasteiger partial charge in [-0.1, -0.05) is 23.7 Å². The molecule has 4 heteroatoms. The molecule has 1 atom stereocenters. The Morgan fingerprint density at radius 3 is 2.70 bits per heavy atom. The second-order valence-corrected chi connectivity index (χ2v) is 6.96. The lowest BCUT2D eigenvalue weighted by molar-refractivity contribution is 0.471. The molecule has 1 aliphatic rings. The standard InChI is InChI=1S/C16H19ClN2S/c17-14-3-1-12(2-4-14)7-13(9-19-15-5-6-15)8-16-10-18-11-20-16/h1-4,10-11,13,15,19H,5-9H2. The molecular formula is C16H19ClN2S. The summed E-state index contributed by atoms with van der Waals surface area (Å²) in [5.41, 5.74) is 3.28. The molecule has 0 radical (unpaired) electrons. The summed E-state index contributed by atoms with van der Waals surface area (Å²) in [6.07, 6.45) is 6.88. The van der Waals surface area contributed by atoms with Gasteiger partial charge in [0, 0.05) is 22.1 Å². The maximum Gasteiger partial charge on any atom is 0.0794 e. The molecule has 1 aromatic heterocycles. The van der Waals surface area contributed by atoms with Gasteiger partial charge >= 0.3 is 0 Å². The first-order chi connectivity index (χ1) is 9.79. The fourth-order valence-corrected chi connectivity index (χ4v) is 3.26. The fraction of sp³-hybridized carbons (Fsp3) is 0.438. The lowest BCUT2D eigenvalue weighted by Crippen LogP contribution is -2.27. The molecule has 0 saturated heterocycles. The van der Waals surface area contributed by atoms with E-state index in [0.717, 1.165) is 30.5 Å². The second-order valence-electron chi connectivity index (χ2n) is 5.55. The molecule has 1 saturated carbocycles. The van der Waals surface area contributed by atoms with Crippen LogP contribution in [0.3, 0.4) is 0 Å². The highest BCUT2D eigenvalue weighted by Gasteiger charge is 2.22. The lowest BCUT2D eigenvalue weighted by Gasteiger charge is -2.17. The maximum absolute atomic E-state index is 5.96. The van der Waals surface area contributed by atoms with Gasteiger partial charge in [-0.3, -0.25) is 4.98 Å². The van der Waals surface area contributed by atoms with Crippen molar-refractivity contribution in [3.05, 3.63) is 51.4 Å². The summed E-state index contributed by atoms with van der Waals surface area (Å²) < 4.78 is 0. The van der Waals surface area contributed by atoms with E-state index in [4.69, 9.17) is 11.6 Å². The van der Waals surface area contributed by atoms with Gasteiger partial charge in [-0.05, 0) is 55.8 Å². The van der Waals surface area contributed by atoms with Crippen molar-refractivity contribution < 1.29 is 0 Å². The van der Waals surface area contributed by atoms with Crippen molar-refractivity contribution in [2.24, 2.45) is 5.92 Å². The first-order valence-electron chi connectivity index (χ1n) is 7.15. The van der Waals surface area contributed by atoms with Gasteiger partial charge in [0.2, 0.25) is 0 Å². The third kappa shape index (κ3) is 4.30. The summed E-state index contributed by atoms with van der Waals surface area (Å²) in [5.74, 6) is 0.622. The predicted molar refractivity (Wildman–Crippen MR) is 85.5 cm³/mol. The Balaban J connectivity index is 1.61. The van der Waals surface area contributed by atoms with Crippen LogP contribution in [0.1, 0.15) is 23.3 Å². The second kappa shape index (κ2) is 6.70. The van der Waals surface area contributed by atoms with Crippen LogP contribution < -0.4 is 5.32 Å². The number of benzene rings is 1. The molecule has 1 aromatic carbocycles. The molecule has 20 heavy (non-hydrogen) atoms. The molecule has 3 rings (SSSR count). The van der Waals surface area contributed by atoms with Gasteiger partial charge in [-0.2, -0.15) is 0 Å². The van der Waals surface area contributed by atoms with Crippen molar-refractivity contribution in [1.29, 1.82) is 0 Å². The predicted octanol–water partition coefficient (Wildman–Crippen LogP) is 3.95. The number of hydrogen-bond donors (Lipinski definition) is 1. The van der Waals surface area contributed by atoms with E-state index in [0.29, 0.717) is 5.92 Å². The molecular weight excluding hydrogens is 288 g/mol. The topological polar surface area (TPSA) is 24.9 Å². The summed E-state index contributed by atoms with van der Waals surface area (Å²) in [7, 11) is 0. The molecule has 1 aliphatic carbocycles. The molecule has 1 N–H and O–H groups in total. The van der Waals surface area contributed by atoms with E-state index >= 15 is 0 Å². The zero-order chi connectivity index (χ0) is 13.8. The summed E-state index contributed by atoms with van der Waals surface area (Å²) in [6.45, 7) is 1.09. The third-order valence-electron chi connectivity index (χ3n) is 3.68. The maximum atomic E-state index is 5.96. The van der Waals surface area contributed by atoms with Crippen LogP contribution in [-0.2, 0) is 12.8 Å². The highest BCUT2D eigenvalue weighted by Crippen LogP contribution is 2.22. The number of halogens is 1. The number of aromatic nitrogens is 1. The SMILES string of the molecule is Clc1ccc(CC(CNC2CC2)Cc2cncs2)cc1. The summed E-state index contributed by atoms with van der Waals surface area (Å²) in [4.78, 5) is 5.56. The lowest BCUT2D eigenvalue weighted by atomic mass is 9.95. The van der Waals surface area contributed by atoms with Crippen molar-refractivity contribution in [3.63, 3.8) is 0 Å². The molecule has 0 spiro atoms. The third-order valence-corrected chi connectivity index (χ3v) is 4.74. The zero-order valence-corrected chi connectivity index (χ0v) is 13.0. The van der Waals surface area contributed by atoms with E-state index in [1.54, 1.807) is 11.3 Å². The van der Waals surface area contributed by atoms with Gasteiger partial charge in [-0.25, -0.2) is 0 Å². The number of hydrogen-bond acceptors (Lipinski definition) is 3. The normalized spacial score (nSPS) is 16.2. The number of thiazole rings is 1. The van der Waals surface area contributed by atoms with E-state index in [1.165, 1.54) is 23.3 Å². The Bertz CT molecular complexity index is 520. The minimum absolute atomic E-state index is 0.622. The van der Waals surface area contributed by atoms with Crippen molar-refractivity contribution in [2.45, 2.75) is 31.7 Å². The Morgan fingerprint density at radius 2 is 2.05 bits per heavy atom. The van der Waals surface area contributed by atoms with Crippen molar-refractivity contribution in [1.82, 2.24) is 10.3 Å². The van der Waals surface area contributed by atoms with Crippen molar-refractivity contribution >= 4 is 22.9 Å².